The molecule has 2 aromatic carbocycles. The Morgan fingerprint density at radius 2 is 1.73 bits per heavy atom. The zero-order chi connectivity index (χ0) is 21.4. The Kier molecular flexibility index (Phi) is 5.60. The first-order valence-electron chi connectivity index (χ1n) is 10.1. The Balaban J connectivity index is 1.72. The Labute approximate surface area is 179 Å². The fourth-order valence-corrected chi connectivity index (χ4v) is 4.50. The standard InChI is InChI=1S/C23H22ClFN2O3/c1-14-6-11-18-19(12-14)23(30)27(22(18)29)26(13-16-4-2-3-5-20(16)25)21(28)15-7-9-17(24)10-8-15/h2-5,7-10,14,18-19H,6,11-13H2,1H3/t14-,18-,19-/m1/s1. The van der Waals surface area contributed by atoms with Crippen LogP contribution in [0.25, 0.3) is 0 Å². The number of hydrogen-bond donors (Lipinski definition) is 0. The molecule has 1 aliphatic heterocycles. The molecule has 0 bridgehead atoms. The van der Waals surface area contributed by atoms with E-state index < -0.39 is 23.6 Å². The van der Waals surface area contributed by atoms with E-state index in [1.54, 1.807) is 24.3 Å². The van der Waals surface area contributed by atoms with Gasteiger partial charge in [-0.1, -0.05) is 36.7 Å². The third kappa shape index (κ3) is 3.72. The lowest BCUT2D eigenvalue weighted by molar-refractivity contribution is -0.155. The molecule has 5 nitrogen and oxygen atoms in total. The van der Waals surface area contributed by atoms with E-state index in [2.05, 4.69) is 6.92 Å². The minimum atomic E-state index is -0.552. The Bertz CT molecular complexity index is 994. The molecule has 1 heterocycles. The first-order chi connectivity index (χ1) is 14.4. The number of nitrogens with zero attached hydrogens (tertiary/aromatic N) is 2. The maximum atomic E-state index is 14.4. The number of halogens is 2. The molecule has 2 aliphatic rings. The quantitative estimate of drug-likeness (QED) is 0.675. The van der Waals surface area contributed by atoms with Crippen molar-refractivity contribution in [2.24, 2.45) is 17.8 Å². The molecule has 30 heavy (non-hydrogen) atoms. The Morgan fingerprint density at radius 1 is 1.07 bits per heavy atom. The molecule has 156 valence electrons. The summed E-state index contributed by atoms with van der Waals surface area (Å²) in [6.45, 7) is 1.84. The van der Waals surface area contributed by atoms with E-state index in [0.29, 0.717) is 23.8 Å². The molecule has 3 atom stereocenters. The second-order valence-corrected chi connectivity index (χ2v) is 8.52. The summed E-state index contributed by atoms with van der Waals surface area (Å²) in [6.07, 6.45) is 2.11. The summed E-state index contributed by atoms with van der Waals surface area (Å²) in [4.78, 5) is 39.7. The molecule has 7 heteroatoms. The minimum absolute atomic E-state index is 0.222. The van der Waals surface area contributed by atoms with Crippen molar-refractivity contribution in [3.8, 4) is 0 Å². The molecule has 0 radical (unpaired) electrons. The molecule has 0 spiro atoms. The van der Waals surface area contributed by atoms with Gasteiger partial charge in [0.15, 0.2) is 0 Å². The molecule has 0 unspecified atom stereocenters. The molecule has 1 aliphatic carbocycles. The van der Waals surface area contributed by atoms with Gasteiger partial charge in [-0.15, -0.1) is 0 Å². The number of hydrazine groups is 1. The van der Waals surface area contributed by atoms with Crippen LogP contribution in [-0.2, 0) is 16.1 Å². The Morgan fingerprint density at radius 3 is 2.43 bits per heavy atom. The monoisotopic (exact) mass is 428 g/mol. The van der Waals surface area contributed by atoms with Crippen LogP contribution >= 0.6 is 11.6 Å². The van der Waals surface area contributed by atoms with Gasteiger partial charge in [0, 0.05) is 16.1 Å². The second kappa shape index (κ2) is 8.19. The predicted octanol–water partition coefficient (Wildman–Crippen LogP) is 4.46. The number of carbonyl (C=O) groups is 3. The summed E-state index contributed by atoms with van der Waals surface area (Å²) in [6, 6.07) is 12.2. The predicted molar refractivity (Wildman–Crippen MR) is 110 cm³/mol. The highest BCUT2D eigenvalue weighted by molar-refractivity contribution is 6.30. The van der Waals surface area contributed by atoms with Gasteiger partial charge in [0.1, 0.15) is 5.82 Å². The van der Waals surface area contributed by atoms with E-state index in [0.717, 1.165) is 16.4 Å². The molecule has 2 fully saturated rings. The lowest BCUT2D eigenvalue weighted by Crippen LogP contribution is -2.50. The van der Waals surface area contributed by atoms with Crippen molar-refractivity contribution in [1.82, 2.24) is 10.0 Å². The van der Waals surface area contributed by atoms with E-state index in [4.69, 9.17) is 11.6 Å². The fraction of sp³-hybridized carbons (Fsp3) is 0.348. The summed E-state index contributed by atoms with van der Waals surface area (Å²) >= 11 is 5.92. The molecule has 0 aromatic heterocycles. The summed E-state index contributed by atoms with van der Waals surface area (Å²) in [5.41, 5.74) is 0.489. The number of fused-ring (bicyclic) bond motifs is 1. The van der Waals surface area contributed by atoms with Crippen molar-refractivity contribution in [3.63, 3.8) is 0 Å². The van der Waals surface area contributed by atoms with Gasteiger partial charge in [0.2, 0.25) is 0 Å². The third-order valence-corrected chi connectivity index (χ3v) is 6.26. The number of hydrogen-bond acceptors (Lipinski definition) is 3. The second-order valence-electron chi connectivity index (χ2n) is 8.08. The number of rotatable bonds is 4. The zero-order valence-corrected chi connectivity index (χ0v) is 17.3. The van der Waals surface area contributed by atoms with Crippen LogP contribution in [0, 0.1) is 23.6 Å². The van der Waals surface area contributed by atoms with E-state index in [1.165, 1.54) is 24.3 Å². The number of carbonyl (C=O) groups excluding carboxylic acids is 3. The van der Waals surface area contributed by atoms with Crippen molar-refractivity contribution < 1.29 is 18.8 Å². The summed E-state index contributed by atoms with van der Waals surface area (Å²) in [7, 11) is 0. The van der Waals surface area contributed by atoms with Crippen LogP contribution in [0.2, 0.25) is 5.02 Å². The smallest absolute Gasteiger partial charge is 0.272 e. The average molecular weight is 429 g/mol. The van der Waals surface area contributed by atoms with Crippen LogP contribution in [0.1, 0.15) is 42.1 Å². The highest BCUT2D eigenvalue weighted by Gasteiger charge is 2.52. The fourth-order valence-electron chi connectivity index (χ4n) is 4.37. The molecule has 4 rings (SSSR count). The van der Waals surface area contributed by atoms with Crippen LogP contribution in [0.4, 0.5) is 4.39 Å². The van der Waals surface area contributed by atoms with Crippen molar-refractivity contribution in [1.29, 1.82) is 0 Å². The van der Waals surface area contributed by atoms with Gasteiger partial charge >= 0.3 is 0 Å². The van der Waals surface area contributed by atoms with Gasteiger partial charge in [-0.3, -0.25) is 14.4 Å². The minimum Gasteiger partial charge on any atom is -0.272 e. The third-order valence-electron chi connectivity index (χ3n) is 6.01. The van der Waals surface area contributed by atoms with Gasteiger partial charge in [-0.2, -0.15) is 5.01 Å². The number of imide groups is 1. The van der Waals surface area contributed by atoms with Gasteiger partial charge in [-0.25, -0.2) is 9.40 Å². The van der Waals surface area contributed by atoms with Crippen LogP contribution in [0.5, 0.6) is 0 Å². The maximum Gasteiger partial charge on any atom is 0.273 e. The molecule has 1 saturated carbocycles. The number of benzene rings is 2. The van der Waals surface area contributed by atoms with Crippen LogP contribution in [0.3, 0.4) is 0 Å². The highest BCUT2D eigenvalue weighted by atomic mass is 35.5. The van der Waals surface area contributed by atoms with E-state index >= 15 is 0 Å². The number of amides is 3. The average Bonchev–Trinajstić information content (AvgIpc) is 2.97. The van der Waals surface area contributed by atoms with Gasteiger partial charge in [0.05, 0.1) is 18.4 Å². The van der Waals surface area contributed by atoms with E-state index in [1.807, 2.05) is 0 Å². The summed E-state index contributed by atoms with van der Waals surface area (Å²) in [5, 5.41) is 2.49. The van der Waals surface area contributed by atoms with Gasteiger partial charge in [0.25, 0.3) is 17.7 Å². The van der Waals surface area contributed by atoms with Crippen molar-refractivity contribution in [2.45, 2.75) is 32.7 Å². The molecular weight excluding hydrogens is 407 g/mol. The maximum absolute atomic E-state index is 14.4. The first-order valence-corrected chi connectivity index (χ1v) is 10.4. The van der Waals surface area contributed by atoms with Crippen molar-refractivity contribution >= 4 is 29.3 Å². The molecule has 1 saturated heterocycles. The largest absolute Gasteiger partial charge is 0.273 e. The van der Waals surface area contributed by atoms with Crippen molar-refractivity contribution in [2.75, 3.05) is 0 Å². The van der Waals surface area contributed by atoms with Crippen molar-refractivity contribution in [3.05, 3.63) is 70.5 Å². The molecule has 0 N–H and O–H groups in total. The summed E-state index contributed by atoms with van der Waals surface area (Å²) in [5.74, 6) is -2.32. The van der Waals surface area contributed by atoms with E-state index in [-0.39, 0.29) is 29.5 Å². The zero-order valence-electron chi connectivity index (χ0n) is 16.6. The van der Waals surface area contributed by atoms with Crippen LogP contribution in [0.15, 0.2) is 48.5 Å². The SMILES string of the molecule is C[C@@H]1CC[C@H]2C(=O)N(N(Cc3ccccc3F)C(=O)c3ccc(Cl)cc3)C(=O)[C@@H]2C1. The normalized spacial score (nSPS) is 23.4. The summed E-state index contributed by atoms with van der Waals surface area (Å²) < 4.78 is 14.4. The molecule has 2 aromatic rings. The van der Waals surface area contributed by atoms with E-state index in [9.17, 15) is 18.8 Å². The molecule has 3 amide bonds. The first kappa shape index (κ1) is 20.5. The lowest BCUT2D eigenvalue weighted by atomic mass is 9.76. The topological polar surface area (TPSA) is 57.7 Å². The van der Waals surface area contributed by atoms with Gasteiger partial charge < -0.3 is 0 Å². The Hall–Kier alpha value is -2.73. The highest BCUT2D eigenvalue weighted by Crippen LogP contribution is 2.41. The van der Waals surface area contributed by atoms with Crippen LogP contribution < -0.4 is 0 Å². The molecular formula is C23H22ClFN2O3. The van der Waals surface area contributed by atoms with Gasteiger partial charge in [-0.05, 0) is 55.5 Å². The van der Waals surface area contributed by atoms with Crippen LogP contribution in [-0.4, -0.2) is 27.7 Å². The lowest BCUT2D eigenvalue weighted by Gasteiger charge is -2.30.